The second-order valence-electron chi connectivity index (χ2n) is 8.93. The lowest BCUT2D eigenvalue weighted by Crippen LogP contribution is -2.29. The molecule has 0 aliphatic heterocycles. The number of carbonyl (C=O) groups is 1. The van der Waals surface area contributed by atoms with Gasteiger partial charge in [-0.3, -0.25) is 18.8 Å². The number of benzene rings is 2. The molecule has 0 bridgehead atoms. The lowest BCUT2D eigenvalue weighted by atomic mass is 10.1. The van der Waals surface area contributed by atoms with Gasteiger partial charge in [0, 0.05) is 49.0 Å². The van der Waals surface area contributed by atoms with Crippen LogP contribution in [0, 0.1) is 17.5 Å². The van der Waals surface area contributed by atoms with Crippen LogP contribution < -0.4 is 26.1 Å². The number of nitrogens with two attached hydrogens (primary N) is 1. The highest BCUT2D eigenvalue weighted by atomic mass is 19.1. The van der Waals surface area contributed by atoms with Crippen molar-refractivity contribution in [3.63, 3.8) is 0 Å². The number of aryl methyl sites for hydroxylation is 1. The van der Waals surface area contributed by atoms with Crippen molar-refractivity contribution in [2.45, 2.75) is 6.92 Å². The van der Waals surface area contributed by atoms with Gasteiger partial charge in [0.05, 0.1) is 24.1 Å². The Balaban J connectivity index is 1.46. The number of nitrogen functional groups attached to an aromatic ring is 1. The summed E-state index contributed by atoms with van der Waals surface area (Å²) in [5.41, 5.74) is 5.34. The minimum absolute atomic E-state index is 0.0718. The van der Waals surface area contributed by atoms with Gasteiger partial charge in [0.2, 0.25) is 0 Å². The molecule has 0 fully saturated rings. The van der Waals surface area contributed by atoms with Gasteiger partial charge in [-0.25, -0.2) is 18.2 Å². The van der Waals surface area contributed by atoms with Crippen LogP contribution >= 0.6 is 0 Å². The molecule has 0 unspecified atom stereocenters. The first-order valence-electron chi connectivity index (χ1n) is 12.5. The van der Waals surface area contributed by atoms with Gasteiger partial charge in [-0.1, -0.05) is 0 Å². The van der Waals surface area contributed by atoms with Crippen LogP contribution in [-0.4, -0.2) is 31.8 Å². The minimum atomic E-state index is -1.05. The van der Waals surface area contributed by atoms with E-state index in [1.807, 2.05) is 0 Å². The Labute approximate surface area is 236 Å². The Morgan fingerprint density at radius 1 is 1.02 bits per heavy atom. The van der Waals surface area contributed by atoms with Crippen molar-refractivity contribution in [3.8, 4) is 34.1 Å². The molecule has 10 nitrogen and oxygen atoms in total. The van der Waals surface area contributed by atoms with Gasteiger partial charge in [0.1, 0.15) is 28.7 Å². The van der Waals surface area contributed by atoms with Crippen LogP contribution in [0.5, 0.6) is 17.2 Å². The highest BCUT2D eigenvalue weighted by Crippen LogP contribution is 2.38. The Bertz CT molecular complexity index is 1850. The molecular formula is C29H23F3N6O4. The van der Waals surface area contributed by atoms with Crippen LogP contribution in [0.15, 0.2) is 78.1 Å². The molecule has 5 aromatic rings. The number of ether oxygens (including phenoxy) is 2. The largest absolute Gasteiger partial charge is 0.493 e. The molecule has 3 N–H and O–H groups in total. The van der Waals surface area contributed by atoms with Crippen molar-refractivity contribution >= 4 is 17.4 Å². The number of hydrogen-bond acceptors (Lipinski definition) is 7. The predicted molar refractivity (Wildman–Crippen MR) is 148 cm³/mol. The fourth-order valence-electron chi connectivity index (χ4n) is 4.20. The lowest BCUT2D eigenvalue weighted by Gasteiger charge is -2.15. The standard InChI is InChI=1S/C29H23F3N6O4/c1-3-41-22-9-11-38(18-6-4-17(30)5-7-18)29(40)26(22)28(39)36-21-12-20(32)24(13-19(21)31)42-23-8-10-34-27(33)25(23)16-14-35-37(2)15-16/h4-15H,3H2,1-2H3,(H2,33,34)(H,36,39). The van der Waals surface area contributed by atoms with Crippen LogP contribution in [0.4, 0.5) is 24.7 Å². The number of hydrogen-bond donors (Lipinski definition) is 2. The minimum Gasteiger partial charge on any atom is -0.493 e. The Morgan fingerprint density at radius 2 is 1.79 bits per heavy atom. The van der Waals surface area contributed by atoms with Crippen LogP contribution in [-0.2, 0) is 7.05 Å². The summed E-state index contributed by atoms with van der Waals surface area (Å²) < 4.78 is 57.5. The normalized spacial score (nSPS) is 10.9. The van der Waals surface area contributed by atoms with Crippen LogP contribution in [0.2, 0.25) is 0 Å². The molecule has 0 aliphatic rings. The highest BCUT2D eigenvalue weighted by molar-refractivity contribution is 6.06. The topological polar surface area (TPSA) is 126 Å². The maximum Gasteiger partial charge on any atom is 0.271 e. The summed E-state index contributed by atoms with van der Waals surface area (Å²) in [5, 5.41) is 6.31. The smallest absolute Gasteiger partial charge is 0.271 e. The molecule has 0 aliphatic carbocycles. The number of rotatable bonds is 8. The molecule has 0 saturated carbocycles. The molecule has 0 atom stereocenters. The molecule has 13 heteroatoms. The molecule has 42 heavy (non-hydrogen) atoms. The molecule has 0 radical (unpaired) electrons. The van der Waals surface area contributed by atoms with E-state index < -0.39 is 45.9 Å². The number of carbonyl (C=O) groups excluding carboxylic acids is 1. The zero-order chi connectivity index (χ0) is 30.0. The van der Waals surface area contributed by atoms with Gasteiger partial charge >= 0.3 is 0 Å². The van der Waals surface area contributed by atoms with E-state index in [9.17, 15) is 14.0 Å². The second kappa shape index (κ2) is 11.5. The monoisotopic (exact) mass is 576 g/mol. The molecule has 3 aromatic heterocycles. The van der Waals surface area contributed by atoms with Crippen molar-refractivity contribution in [1.29, 1.82) is 0 Å². The van der Waals surface area contributed by atoms with Crippen molar-refractivity contribution < 1.29 is 27.4 Å². The highest BCUT2D eigenvalue weighted by Gasteiger charge is 2.23. The van der Waals surface area contributed by atoms with E-state index in [2.05, 4.69) is 15.4 Å². The summed E-state index contributed by atoms with van der Waals surface area (Å²) in [6, 6.07) is 9.28. The first-order chi connectivity index (χ1) is 20.2. The predicted octanol–water partition coefficient (Wildman–Crippen LogP) is 5.08. The molecule has 2 aromatic carbocycles. The Kier molecular flexibility index (Phi) is 7.65. The molecule has 214 valence electrons. The van der Waals surface area contributed by atoms with Crippen molar-refractivity contribution in [3.05, 3.63) is 107 Å². The summed E-state index contributed by atoms with van der Waals surface area (Å²) in [5.74, 6) is -4.00. The zero-order valence-electron chi connectivity index (χ0n) is 22.3. The SMILES string of the molecule is CCOc1ccn(-c2ccc(F)cc2)c(=O)c1C(=O)Nc1cc(F)c(Oc2ccnc(N)c2-c2cnn(C)c2)cc1F. The molecule has 0 saturated heterocycles. The van der Waals surface area contributed by atoms with E-state index in [4.69, 9.17) is 15.2 Å². The Morgan fingerprint density at radius 3 is 2.48 bits per heavy atom. The summed E-state index contributed by atoms with van der Waals surface area (Å²) in [7, 11) is 1.70. The molecule has 3 heterocycles. The third-order valence-corrected chi connectivity index (χ3v) is 6.11. The first kappa shape index (κ1) is 28.0. The van der Waals surface area contributed by atoms with E-state index >= 15 is 8.78 Å². The van der Waals surface area contributed by atoms with E-state index in [1.165, 1.54) is 47.5 Å². The number of nitrogens with one attached hydrogen (secondary N) is 1. The third kappa shape index (κ3) is 5.52. The number of pyridine rings is 2. The summed E-state index contributed by atoms with van der Waals surface area (Å²) in [4.78, 5) is 30.6. The first-order valence-corrected chi connectivity index (χ1v) is 12.5. The number of nitrogens with zero attached hydrogens (tertiary/aromatic N) is 4. The van der Waals surface area contributed by atoms with Gasteiger partial charge < -0.3 is 20.5 Å². The number of anilines is 2. The van der Waals surface area contributed by atoms with Crippen molar-refractivity contribution in [1.82, 2.24) is 19.3 Å². The fraction of sp³-hybridized carbons (Fsp3) is 0.103. The molecule has 5 rings (SSSR count). The Hall–Kier alpha value is -5.59. The van der Waals surface area contributed by atoms with Gasteiger partial charge in [-0.05, 0) is 43.3 Å². The van der Waals surface area contributed by atoms with E-state index in [0.717, 1.165) is 28.8 Å². The maximum atomic E-state index is 15.2. The average molecular weight is 577 g/mol. The maximum absolute atomic E-state index is 15.2. The van der Waals surface area contributed by atoms with Crippen LogP contribution in [0.3, 0.4) is 0 Å². The average Bonchev–Trinajstić information content (AvgIpc) is 3.38. The summed E-state index contributed by atoms with van der Waals surface area (Å²) >= 11 is 0. The van der Waals surface area contributed by atoms with Gasteiger partial charge in [-0.2, -0.15) is 5.10 Å². The van der Waals surface area contributed by atoms with E-state index in [1.54, 1.807) is 20.2 Å². The van der Waals surface area contributed by atoms with Crippen LogP contribution in [0.1, 0.15) is 17.3 Å². The summed E-state index contributed by atoms with van der Waals surface area (Å²) in [6.45, 7) is 1.77. The number of amides is 1. The van der Waals surface area contributed by atoms with E-state index in [0.29, 0.717) is 11.1 Å². The van der Waals surface area contributed by atoms with Gasteiger partial charge in [0.15, 0.2) is 17.4 Å². The quantitative estimate of drug-likeness (QED) is 0.264. The molecule has 1 amide bonds. The van der Waals surface area contributed by atoms with Gasteiger partial charge in [0.25, 0.3) is 11.5 Å². The zero-order valence-corrected chi connectivity index (χ0v) is 22.3. The molecular weight excluding hydrogens is 553 g/mol. The van der Waals surface area contributed by atoms with Crippen molar-refractivity contribution in [2.24, 2.45) is 7.05 Å². The third-order valence-electron chi connectivity index (χ3n) is 6.11. The fourth-order valence-corrected chi connectivity index (χ4v) is 4.20. The lowest BCUT2D eigenvalue weighted by molar-refractivity contribution is 0.102. The van der Waals surface area contributed by atoms with Gasteiger partial charge in [-0.15, -0.1) is 0 Å². The van der Waals surface area contributed by atoms with Crippen molar-refractivity contribution in [2.75, 3.05) is 17.7 Å². The summed E-state index contributed by atoms with van der Waals surface area (Å²) in [6.07, 6.45) is 5.87. The number of aromatic nitrogens is 4. The second-order valence-corrected chi connectivity index (χ2v) is 8.93. The van der Waals surface area contributed by atoms with Crippen LogP contribution in [0.25, 0.3) is 16.8 Å². The number of halogens is 3. The van der Waals surface area contributed by atoms with E-state index in [-0.39, 0.29) is 29.6 Å². The molecule has 0 spiro atoms.